The van der Waals surface area contributed by atoms with Gasteiger partial charge in [-0.2, -0.15) is 0 Å². The fourth-order valence-electron chi connectivity index (χ4n) is 2.43. The number of pyridine rings is 1. The fourth-order valence-corrected chi connectivity index (χ4v) is 2.43. The molecule has 0 atom stereocenters. The summed E-state index contributed by atoms with van der Waals surface area (Å²) in [6, 6.07) is 6.38. The Hall–Kier alpha value is -1.81. The van der Waals surface area contributed by atoms with Crippen molar-refractivity contribution in [2.45, 2.75) is 39.8 Å². The van der Waals surface area contributed by atoms with Gasteiger partial charge in [0.2, 0.25) is 0 Å². The van der Waals surface area contributed by atoms with Crippen molar-refractivity contribution in [3.8, 4) is 0 Å². The molecule has 0 aliphatic carbocycles. The summed E-state index contributed by atoms with van der Waals surface area (Å²) in [5.41, 5.74) is 3.65. The quantitative estimate of drug-likeness (QED) is 0.848. The molecule has 0 saturated carbocycles. The molecule has 21 heavy (non-hydrogen) atoms. The number of aryl methyl sites for hydroxylation is 2. The first-order valence-electron chi connectivity index (χ1n) is 7.52. The summed E-state index contributed by atoms with van der Waals surface area (Å²) < 4.78 is 5.37. The molecule has 0 spiro atoms. The van der Waals surface area contributed by atoms with Crippen LogP contribution in [0.15, 0.2) is 28.9 Å². The van der Waals surface area contributed by atoms with Crippen LogP contribution in [0.4, 0.5) is 5.82 Å². The lowest BCUT2D eigenvalue weighted by molar-refractivity contribution is 0.529. The highest BCUT2D eigenvalue weighted by atomic mass is 16.3. The molecular formula is C17H25N3O. The highest BCUT2D eigenvalue weighted by Crippen LogP contribution is 2.19. The first-order valence-corrected chi connectivity index (χ1v) is 7.52. The fraction of sp³-hybridized carbons (Fsp3) is 0.471. The maximum absolute atomic E-state index is 5.37. The van der Waals surface area contributed by atoms with Gasteiger partial charge in [-0.25, -0.2) is 4.98 Å². The van der Waals surface area contributed by atoms with Crippen LogP contribution in [0.3, 0.4) is 0 Å². The number of anilines is 1. The molecule has 1 N–H and O–H groups in total. The topological polar surface area (TPSA) is 41.3 Å². The minimum Gasteiger partial charge on any atom is -0.469 e. The Morgan fingerprint density at radius 3 is 2.76 bits per heavy atom. The molecule has 114 valence electrons. The molecule has 0 amide bonds. The number of rotatable bonds is 7. The number of hydrogen-bond acceptors (Lipinski definition) is 4. The van der Waals surface area contributed by atoms with Gasteiger partial charge in [-0.15, -0.1) is 0 Å². The van der Waals surface area contributed by atoms with E-state index < -0.39 is 0 Å². The van der Waals surface area contributed by atoms with Crippen LogP contribution < -0.4 is 10.2 Å². The number of hydrogen-bond donors (Lipinski definition) is 1. The first kappa shape index (κ1) is 15.6. The van der Waals surface area contributed by atoms with E-state index in [4.69, 9.17) is 9.40 Å². The van der Waals surface area contributed by atoms with Crippen LogP contribution in [-0.4, -0.2) is 19.1 Å². The SMILES string of the molecule is CCCc1cc(CNC)cc(N(C)Cc2ccoc2C)n1. The Kier molecular flexibility index (Phi) is 5.39. The minimum atomic E-state index is 0.809. The molecule has 2 aromatic heterocycles. The highest BCUT2D eigenvalue weighted by Gasteiger charge is 2.10. The molecule has 0 radical (unpaired) electrons. The van der Waals surface area contributed by atoms with Crippen LogP contribution in [0.5, 0.6) is 0 Å². The summed E-state index contributed by atoms with van der Waals surface area (Å²) in [6.07, 6.45) is 3.87. The van der Waals surface area contributed by atoms with Crippen molar-refractivity contribution in [1.29, 1.82) is 0 Å². The van der Waals surface area contributed by atoms with E-state index in [0.717, 1.165) is 43.2 Å². The van der Waals surface area contributed by atoms with E-state index in [2.05, 4.69) is 36.3 Å². The summed E-state index contributed by atoms with van der Waals surface area (Å²) >= 11 is 0. The second-order valence-electron chi connectivity index (χ2n) is 5.46. The molecule has 0 bridgehead atoms. The van der Waals surface area contributed by atoms with Crippen molar-refractivity contribution < 1.29 is 4.42 Å². The van der Waals surface area contributed by atoms with Gasteiger partial charge in [-0.3, -0.25) is 0 Å². The van der Waals surface area contributed by atoms with Crippen molar-refractivity contribution >= 4 is 5.82 Å². The van der Waals surface area contributed by atoms with Gasteiger partial charge in [-0.05, 0) is 44.2 Å². The van der Waals surface area contributed by atoms with Gasteiger partial charge in [0.05, 0.1) is 6.26 Å². The molecule has 0 aliphatic rings. The number of furan rings is 1. The van der Waals surface area contributed by atoms with E-state index >= 15 is 0 Å². The highest BCUT2D eigenvalue weighted by molar-refractivity contribution is 5.43. The van der Waals surface area contributed by atoms with Crippen molar-refractivity contribution in [1.82, 2.24) is 10.3 Å². The zero-order chi connectivity index (χ0) is 15.2. The summed E-state index contributed by atoms with van der Waals surface area (Å²) in [4.78, 5) is 6.96. The Morgan fingerprint density at radius 2 is 2.14 bits per heavy atom. The zero-order valence-electron chi connectivity index (χ0n) is 13.4. The zero-order valence-corrected chi connectivity index (χ0v) is 13.4. The minimum absolute atomic E-state index is 0.809. The lowest BCUT2D eigenvalue weighted by Gasteiger charge is -2.20. The molecule has 0 saturated heterocycles. The second kappa shape index (κ2) is 7.27. The monoisotopic (exact) mass is 287 g/mol. The van der Waals surface area contributed by atoms with Crippen molar-refractivity contribution in [2.24, 2.45) is 0 Å². The lowest BCUT2D eigenvalue weighted by atomic mass is 10.1. The van der Waals surface area contributed by atoms with Crippen molar-refractivity contribution in [3.05, 3.63) is 47.0 Å². The first-order chi connectivity index (χ1) is 10.1. The van der Waals surface area contributed by atoms with E-state index in [9.17, 15) is 0 Å². The molecule has 0 fully saturated rings. The Bertz CT molecular complexity index is 553. The third kappa shape index (κ3) is 4.08. The summed E-state index contributed by atoms with van der Waals surface area (Å²) in [7, 11) is 4.05. The molecule has 4 nitrogen and oxygen atoms in total. The molecule has 0 unspecified atom stereocenters. The predicted octanol–water partition coefficient (Wildman–Crippen LogP) is 3.29. The molecule has 2 rings (SSSR count). The van der Waals surface area contributed by atoms with Gasteiger partial charge >= 0.3 is 0 Å². The van der Waals surface area contributed by atoms with Gasteiger partial charge in [0.1, 0.15) is 11.6 Å². The molecule has 0 aliphatic heterocycles. The van der Waals surface area contributed by atoms with Crippen LogP contribution in [0.25, 0.3) is 0 Å². The third-order valence-corrected chi connectivity index (χ3v) is 3.58. The molecule has 4 heteroatoms. The van der Waals surface area contributed by atoms with Gasteiger partial charge < -0.3 is 14.6 Å². The molecule has 2 aromatic rings. The molecular weight excluding hydrogens is 262 g/mol. The number of nitrogens with zero attached hydrogens (tertiary/aromatic N) is 2. The maximum atomic E-state index is 5.37. The summed E-state index contributed by atoms with van der Waals surface area (Å²) in [5, 5.41) is 3.21. The predicted molar refractivity (Wildman–Crippen MR) is 86.5 cm³/mol. The average Bonchev–Trinajstić information content (AvgIpc) is 2.85. The van der Waals surface area contributed by atoms with E-state index in [1.807, 2.05) is 20.0 Å². The van der Waals surface area contributed by atoms with Gasteiger partial charge in [-0.1, -0.05) is 13.3 Å². The van der Waals surface area contributed by atoms with Crippen LogP contribution in [0, 0.1) is 6.92 Å². The van der Waals surface area contributed by atoms with Gasteiger partial charge in [0.25, 0.3) is 0 Å². The van der Waals surface area contributed by atoms with Crippen LogP contribution in [-0.2, 0) is 19.5 Å². The van der Waals surface area contributed by atoms with E-state index in [1.165, 1.54) is 11.1 Å². The normalized spacial score (nSPS) is 10.9. The standard InChI is InChI=1S/C17H25N3O/c1-5-6-16-9-14(11-18-3)10-17(19-16)20(4)12-15-7-8-21-13(15)2/h7-10,18H,5-6,11-12H2,1-4H3. The Morgan fingerprint density at radius 1 is 1.33 bits per heavy atom. The van der Waals surface area contributed by atoms with Crippen molar-refractivity contribution in [3.63, 3.8) is 0 Å². The van der Waals surface area contributed by atoms with E-state index in [0.29, 0.717) is 0 Å². The van der Waals surface area contributed by atoms with Gasteiger partial charge in [0.15, 0.2) is 0 Å². The maximum Gasteiger partial charge on any atom is 0.129 e. The van der Waals surface area contributed by atoms with E-state index in [-0.39, 0.29) is 0 Å². The average molecular weight is 287 g/mol. The number of nitrogens with one attached hydrogen (secondary N) is 1. The third-order valence-electron chi connectivity index (χ3n) is 3.58. The summed E-state index contributed by atoms with van der Waals surface area (Å²) in [5.74, 6) is 1.99. The molecule has 0 aromatic carbocycles. The summed E-state index contributed by atoms with van der Waals surface area (Å²) in [6.45, 7) is 5.86. The van der Waals surface area contributed by atoms with Crippen LogP contribution in [0.1, 0.15) is 35.9 Å². The van der Waals surface area contributed by atoms with Gasteiger partial charge in [0, 0.05) is 31.4 Å². The molecule has 2 heterocycles. The Balaban J connectivity index is 2.22. The second-order valence-corrected chi connectivity index (χ2v) is 5.46. The number of aromatic nitrogens is 1. The van der Waals surface area contributed by atoms with Crippen LogP contribution in [0.2, 0.25) is 0 Å². The van der Waals surface area contributed by atoms with E-state index in [1.54, 1.807) is 6.26 Å². The largest absolute Gasteiger partial charge is 0.469 e. The Labute approximate surface area is 127 Å². The van der Waals surface area contributed by atoms with Crippen molar-refractivity contribution in [2.75, 3.05) is 19.0 Å². The lowest BCUT2D eigenvalue weighted by Crippen LogP contribution is -2.19. The smallest absolute Gasteiger partial charge is 0.129 e. The van der Waals surface area contributed by atoms with Crippen LogP contribution >= 0.6 is 0 Å².